The lowest BCUT2D eigenvalue weighted by Gasteiger charge is -2.05. The normalized spacial score (nSPS) is 11.3. The van der Waals surface area contributed by atoms with Crippen LogP contribution in [0.25, 0.3) is 5.57 Å². The van der Waals surface area contributed by atoms with E-state index in [-0.39, 0.29) is 0 Å². The monoisotopic (exact) mass is 354 g/mol. The molecule has 0 aromatic heterocycles. The van der Waals surface area contributed by atoms with Crippen molar-refractivity contribution in [1.29, 1.82) is 0 Å². The number of unbranched alkanes of at least 4 members (excludes halogenated alkanes) is 12. The van der Waals surface area contributed by atoms with E-state index >= 15 is 0 Å². The van der Waals surface area contributed by atoms with Crippen LogP contribution in [0, 0.1) is 0 Å². The molecule has 0 saturated heterocycles. The molecule has 1 rings (SSSR count). The van der Waals surface area contributed by atoms with Gasteiger partial charge in [0.15, 0.2) is 0 Å². The topological polar surface area (TPSA) is 0 Å². The molecule has 0 N–H and O–H groups in total. The fraction of sp³-hybridized carbons (Fsp3) is 0.615. The molecule has 0 bridgehead atoms. The van der Waals surface area contributed by atoms with Crippen LogP contribution in [-0.4, -0.2) is 0 Å². The van der Waals surface area contributed by atoms with E-state index in [1.165, 1.54) is 101 Å². The lowest BCUT2D eigenvalue weighted by molar-refractivity contribution is 0.600. The Bertz CT molecular complexity index is 454. The van der Waals surface area contributed by atoms with Crippen LogP contribution in [0.4, 0.5) is 0 Å². The van der Waals surface area contributed by atoms with E-state index in [1.54, 1.807) is 0 Å². The van der Waals surface area contributed by atoms with Gasteiger partial charge in [-0.25, -0.2) is 0 Å². The largest absolute Gasteiger partial charge is 0.0952 e. The second kappa shape index (κ2) is 17.1. The quantitative estimate of drug-likeness (QED) is 0.193. The van der Waals surface area contributed by atoms with Crippen LogP contribution in [0.2, 0.25) is 0 Å². The molecule has 146 valence electrons. The molecule has 0 saturated carbocycles. The predicted molar refractivity (Wildman–Crippen MR) is 120 cm³/mol. The highest BCUT2D eigenvalue weighted by Crippen LogP contribution is 2.19. The molecular weight excluding hydrogens is 312 g/mol. The third-order valence-corrected chi connectivity index (χ3v) is 5.17. The molecule has 0 aliphatic heterocycles. The average molecular weight is 355 g/mol. The van der Waals surface area contributed by atoms with Crippen LogP contribution in [0.3, 0.4) is 0 Å². The summed E-state index contributed by atoms with van der Waals surface area (Å²) >= 11 is 0. The predicted octanol–water partition coefficient (Wildman–Crippen LogP) is 9.13. The Kier molecular flexibility index (Phi) is 15.0. The second-order valence-corrected chi connectivity index (χ2v) is 7.66. The molecule has 0 unspecified atom stereocenters. The molecule has 0 spiro atoms. The average Bonchev–Trinajstić information content (AvgIpc) is 2.68. The third-order valence-electron chi connectivity index (χ3n) is 5.17. The van der Waals surface area contributed by atoms with Crippen molar-refractivity contribution in [3.8, 4) is 0 Å². The maximum absolute atomic E-state index is 4.22. The lowest BCUT2D eigenvalue weighted by atomic mass is 10.0. The van der Waals surface area contributed by atoms with Crippen molar-refractivity contribution in [2.75, 3.05) is 0 Å². The highest BCUT2D eigenvalue weighted by atomic mass is 14.0. The van der Waals surface area contributed by atoms with Gasteiger partial charge in [-0.2, -0.15) is 0 Å². The van der Waals surface area contributed by atoms with E-state index in [2.05, 4.69) is 56.0 Å². The van der Waals surface area contributed by atoms with Gasteiger partial charge in [0.1, 0.15) is 0 Å². The zero-order chi connectivity index (χ0) is 18.7. The van der Waals surface area contributed by atoms with Crippen LogP contribution in [0.1, 0.15) is 109 Å². The Morgan fingerprint density at radius 3 is 1.77 bits per heavy atom. The number of hydrogen-bond acceptors (Lipinski definition) is 0. The van der Waals surface area contributed by atoms with Crippen LogP contribution in [-0.2, 0) is 0 Å². The maximum Gasteiger partial charge on any atom is -0.0230 e. The molecule has 0 aliphatic carbocycles. The summed E-state index contributed by atoms with van der Waals surface area (Å²) in [7, 11) is 0. The third kappa shape index (κ3) is 13.0. The summed E-state index contributed by atoms with van der Waals surface area (Å²) in [5, 5.41) is 0. The zero-order valence-electron chi connectivity index (χ0n) is 17.4. The van der Waals surface area contributed by atoms with E-state index < -0.39 is 0 Å². The van der Waals surface area contributed by atoms with Gasteiger partial charge in [0, 0.05) is 0 Å². The summed E-state index contributed by atoms with van der Waals surface area (Å²) in [6.45, 7) is 6.51. The molecule has 0 fully saturated rings. The number of rotatable bonds is 17. The van der Waals surface area contributed by atoms with Gasteiger partial charge in [-0.1, -0.05) is 114 Å². The molecule has 0 amide bonds. The van der Waals surface area contributed by atoms with Crippen LogP contribution in [0.15, 0.2) is 49.1 Å². The summed E-state index contributed by atoms with van der Waals surface area (Å²) in [5.74, 6) is 0. The molecule has 26 heavy (non-hydrogen) atoms. The van der Waals surface area contributed by atoms with Crippen LogP contribution in [0.5, 0.6) is 0 Å². The SMILES string of the molecule is C=C(CCCCCCCC/C=C\CCCCCCCC)c1ccccc1. The van der Waals surface area contributed by atoms with E-state index in [0.29, 0.717) is 0 Å². The Hall–Kier alpha value is -1.30. The summed E-state index contributed by atoms with van der Waals surface area (Å²) < 4.78 is 0. The van der Waals surface area contributed by atoms with Gasteiger partial charge in [-0.05, 0) is 49.7 Å². The molecule has 0 atom stereocenters. The van der Waals surface area contributed by atoms with Gasteiger partial charge in [0.2, 0.25) is 0 Å². The minimum absolute atomic E-state index is 1.14. The summed E-state index contributed by atoms with van der Waals surface area (Å²) in [6, 6.07) is 10.6. The minimum Gasteiger partial charge on any atom is -0.0952 e. The Labute approximate surface area is 163 Å². The highest BCUT2D eigenvalue weighted by Gasteiger charge is 1.98. The maximum atomic E-state index is 4.22. The van der Waals surface area contributed by atoms with Gasteiger partial charge in [0.25, 0.3) is 0 Å². The van der Waals surface area contributed by atoms with Gasteiger partial charge < -0.3 is 0 Å². The number of benzene rings is 1. The van der Waals surface area contributed by atoms with Crippen molar-refractivity contribution in [2.45, 2.75) is 103 Å². The molecule has 0 nitrogen and oxygen atoms in total. The zero-order valence-corrected chi connectivity index (χ0v) is 17.4. The first-order valence-corrected chi connectivity index (χ1v) is 11.2. The van der Waals surface area contributed by atoms with Gasteiger partial charge in [0.05, 0.1) is 0 Å². The molecule has 1 aromatic rings. The summed E-state index contributed by atoms with van der Waals surface area (Å²) in [4.78, 5) is 0. The molecule has 0 heteroatoms. The molecule has 0 aliphatic rings. The van der Waals surface area contributed by atoms with Crippen molar-refractivity contribution in [2.24, 2.45) is 0 Å². The van der Waals surface area contributed by atoms with Crippen molar-refractivity contribution < 1.29 is 0 Å². The molecule has 1 aromatic carbocycles. The first-order valence-electron chi connectivity index (χ1n) is 11.2. The van der Waals surface area contributed by atoms with Gasteiger partial charge in [-0.3, -0.25) is 0 Å². The van der Waals surface area contributed by atoms with Crippen molar-refractivity contribution in [3.63, 3.8) is 0 Å². The fourth-order valence-corrected chi connectivity index (χ4v) is 3.40. The molecule has 0 heterocycles. The standard InChI is InChI=1S/C26H42/c1-3-4-5-6-7-8-9-10-11-12-13-14-15-16-17-19-22-25(2)26-23-20-18-21-24-26/h10-11,18,20-21,23-24H,2-9,12-17,19,22H2,1H3/b11-10-. The smallest absolute Gasteiger partial charge is 0.0230 e. The number of allylic oxidation sites excluding steroid dienone is 3. The first-order chi connectivity index (χ1) is 12.8. The van der Waals surface area contributed by atoms with E-state index in [4.69, 9.17) is 0 Å². The van der Waals surface area contributed by atoms with Crippen molar-refractivity contribution in [1.82, 2.24) is 0 Å². The van der Waals surface area contributed by atoms with Crippen molar-refractivity contribution >= 4 is 5.57 Å². The lowest BCUT2D eigenvalue weighted by Crippen LogP contribution is -1.84. The van der Waals surface area contributed by atoms with Crippen LogP contribution >= 0.6 is 0 Å². The summed E-state index contributed by atoms with van der Waals surface area (Å²) in [6.07, 6.45) is 25.1. The highest BCUT2D eigenvalue weighted by molar-refractivity contribution is 5.62. The molecule has 0 radical (unpaired) electrons. The van der Waals surface area contributed by atoms with Gasteiger partial charge in [-0.15, -0.1) is 0 Å². The van der Waals surface area contributed by atoms with Gasteiger partial charge >= 0.3 is 0 Å². The summed E-state index contributed by atoms with van der Waals surface area (Å²) in [5.41, 5.74) is 2.60. The van der Waals surface area contributed by atoms with E-state index in [0.717, 1.165) is 6.42 Å². The van der Waals surface area contributed by atoms with E-state index in [1.807, 2.05) is 0 Å². The molecular formula is C26H42. The fourth-order valence-electron chi connectivity index (χ4n) is 3.40. The van der Waals surface area contributed by atoms with Crippen molar-refractivity contribution in [3.05, 3.63) is 54.6 Å². The Morgan fingerprint density at radius 1 is 0.692 bits per heavy atom. The Morgan fingerprint density at radius 2 is 1.19 bits per heavy atom. The van der Waals surface area contributed by atoms with Crippen LogP contribution < -0.4 is 0 Å². The number of hydrogen-bond donors (Lipinski definition) is 0. The Balaban J connectivity index is 1.82. The second-order valence-electron chi connectivity index (χ2n) is 7.66. The minimum atomic E-state index is 1.14. The first kappa shape index (κ1) is 22.7. The van der Waals surface area contributed by atoms with E-state index in [9.17, 15) is 0 Å².